The third kappa shape index (κ3) is 3.69. The third-order valence-corrected chi connectivity index (χ3v) is 6.56. The normalized spacial score (nSPS) is 14.3. The lowest BCUT2D eigenvalue weighted by Crippen LogP contribution is -2.24. The highest BCUT2D eigenvalue weighted by molar-refractivity contribution is 9.13. The van der Waals surface area contributed by atoms with Crippen LogP contribution in [0.1, 0.15) is 36.2 Å². The van der Waals surface area contributed by atoms with E-state index in [0.29, 0.717) is 12.0 Å². The number of nitrogens with one attached hydrogen (secondary N) is 1. The minimum atomic E-state index is 0.347. The van der Waals surface area contributed by atoms with Crippen LogP contribution < -0.4 is 5.32 Å². The summed E-state index contributed by atoms with van der Waals surface area (Å²) in [5.74, 6) is 0.443. The summed E-state index contributed by atoms with van der Waals surface area (Å²) in [5.41, 5.74) is 1.37. The van der Waals surface area contributed by atoms with E-state index in [9.17, 15) is 0 Å². The molecule has 0 aliphatic carbocycles. The van der Waals surface area contributed by atoms with Crippen LogP contribution in [0.5, 0.6) is 0 Å². The summed E-state index contributed by atoms with van der Waals surface area (Å²) in [6.45, 7) is 5.40. The van der Waals surface area contributed by atoms with E-state index in [4.69, 9.17) is 0 Å². The Bertz CT molecular complexity index is 505. The number of rotatable bonds is 5. The van der Waals surface area contributed by atoms with Crippen molar-refractivity contribution in [3.05, 3.63) is 55.1 Å². The molecule has 0 aliphatic rings. The molecule has 1 N–H and O–H groups in total. The lowest BCUT2D eigenvalue weighted by molar-refractivity contribution is 0.486. The summed E-state index contributed by atoms with van der Waals surface area (Å²) in [6, 6.07) is 13.2. The maximum absolute atomic E-state index is 3.61. The van der Waals surface area contributed by atoms with Crippen LogP contribution in [-0.4, -0.2) is 6.54 Å². The number of hydrogen-bond acceptors (Lipinski definition) is 2. The van der Waals surface area contributed by atoms with Gasteiger partial charge in [0.15, 0.2) is 0 Å². The summed E-state index contributed by atoms with van der Waals surface area (Å²) in [5, 5.41) is 3.61. The van der Waals surface area contributed by atoms with Crippen LogP contribution in [-0.2, 0) is 0 Å². The van der Waals surface area contributed by atoms with Crippen molar-refractivity contribution in [3.8, 4) is 0 Å². The van der Waals surface area contributed by atoms with Gasteiger partial charge in [-0.25, -0.2) is 0 Å². The molecular weight excluding hydrogens is 386 g/mol. The highest BCUT2D eigenvalue weighted by Gasteiger charge is 2.22. The fourth-order valence-corrected chi connectivity index (χ4v) is 4.48. The van der Waals surface area contributed by atoms with Crippen LogP contribution in [0.25, 0.3) is 0 Å². The Balaban J connectivity index is 2.29. The topological polar surface area (TPSA) is 12.0 Å². The molecule has 2 rings (SSSR count). The molecule has 0 radical (unpaired) electrons. The lowest BCUT2D eigenvalue weighted by Gasteiger charge is -2.24. The highest BCUT2D eigenvalue weighted by Crippen LogP contribution is 2.40. The van der Waals surface area contributed by atoms with Gasteiger partial charge >= 0.3 is 0 Å². The molecule has 2 atom stereocenters. The van der Waals surface area contributed by atoms with Crippen LogP contribution in [0.2, 0.25) is 0 Å². The van der Waals surface area contributed by atoms with Crippen LogP contribution in [0.3, 0.4) is 0 Å². The van der Waals surface area contributed by atoms with Crippen molar-refractivity contribution in [1.82, 2.24) is 5.32 Å². The molecule has 102 valence electrons. The zero-order valence-corrected chi connectivity index (χ0v) is 15.0. The Morgan fingerprint density at radius 3 is 2.42 bits per heavy atom. The summed E-state index contributed by atoms with van der Waals surface area (Å²) >= 11 is 8.95. The molecular formula is C15H17Br2NS. The molecule has 0 amide bonds. The van der Waals surface area contributed by atoms with Crippen molar-refractivity contribution < 1.29 is 0 Å². The molecule has 0 saturated heterocycles. The summed E-state index contributed by atoms with van der Waals surface area (Å²) in [6.07, 6.45) is 0. The standard InChI is InChI=1S/C15H17Br2NS/c1-3-18-14(13-9-12(16)15(17)19-13)10(2)11-7-5-4-6-8-11/h4-10,14,18H,3H2,1-2H3. The van der Waals surface area contributed by atoms with Gasteiger partial charge in [0.2, 0.25) is 0 Å². The molecule has 1 nitrogen and oxygen atoms in total. The average molecular weight is 403 g/mol. The highest BCUT2D eigenvalue weighted by atomic mass is 79.9. The van der Waals surface area contributed by atoms with E-state index in [1.807, 2.05) is 0 Å². The fourth-order valence-electron chi connectivity index (χ4n) is 2.21. The smallest absolute Gasteiger partial charge is 0.0843 e. The molecule has 1 aromatic carbocycles. The first-order valence-corrected chi connectivity index (χ1v) is 8.76. The molecule has 0 aliphatic heterocycles. The monoisotopic (exact) mass is 401 g/mol. The van der Waals surface area contributed by atoms with Crippen LogP contribution >= 0.6 is 43.2 Å². The molecule has 0 fully saturated rings. The molecule has 0 saturated carbocycles. The second kappa shape index (κ2) is 7.02. The molecule has 19 heavy (non-hydrogen) atoms. The predicted octanol–water partition coefficient (Wildman–Crippen LogP) is 5.73. The van der Waals surface area contributed by atoms with Crippen molar-refractivity contribution >= 4 is 43.2 Å². The van der Waals surface area contributed by atoms with E-state index in [2.05, 4.69) is 87.4 Å². The SMILES string of the molecule is CCNC(c1cc(Br)c(Br)s1)C(C)c1ccccc1. The fraction of sp³-hybridized carbons (Fsp3) is 0.333. The van der Waals surface area contributed by atoms with Crippen LogP contribution in [0, 0.1) is 0 Å². The largest absolute Gasteiger partial charge is 0.309 e. The predicted molar refractivity (Wildman–Crippen MR) is 91.0 cm³/mol. The first-order chi connectivity index (χ1) is 9.13. The van der Waals surface area contributed by atoms with E-state index in [1.54, 1.807) is 11.3 Å². The minimum Gasteiger partial charge on any atom is -0.309 e. The first-order valence-electron chi connectivity index (χ1n) is 6.36. The van der Waals surface area contributed by atoms with Gasteiger partial charge in [0.1, 0.15) is 0 Å². The Hall–Kier alpha value is -0.160. The van der Waals surface area contributed by atoms with E-state index < -0.39 is 0 Å². The maximum Gasteiger partial charge on any atom is 0.0843 e. The quantitative estimate of drug-likeness (QED) is 0.673. The summed E-state index contributed by atoms with van der Waals surface area (Å²) in [7, 11) is 0. The van der Waals surface area contributed by atoms with Gasteiger partial charge < -0.3 is 5.32 Å². The number of halogens is 2. The number of thiophene rings is 1. The van der Waals surface area contributed by atoms with Gasteiger partial charge in [-0.3, -0.25) is 0 Å². The molecule has 2 unspecified atom stereocenters. The van der Waals surface area contributed by atoms with Crippen LogP contribution in [0.15, 0.2) is 44.7 Å². The van der Waals surface area contributed by atoms with Crippen LogP contribution in [0.4, 0.5) is 0 Å². The minimum absolute atomic E-state index is 0.347. The zero-order valence-electron chi connectivity index (χ0n) is 11.0. The van der Waals surface area contributed by atoms with Crippen molar-refractivity contribution in [2.45, 2.75) is 25.8 Å². The Morgan fingerprint density at radius 1 is 1.21 bits per heavy atom. The van der Waals surface area contributed by atoms with E-state index in [1.165, 1.54) is 10.4 Å². The van der Waals surface area contributed by atoms with Crippen molar-refractivity contribution in [2.75, 3.05) is 6.54 Å². The Kier molecular flexibility index (Phi) is 5.63. The van der Waals surface area contributed by atoms with E-state index in [0.717, 1.165) is 14.8 Å². The van der Waals surface area contributed by atoms with Crippen molar-refractivity contribution in [2.24, 2.45) is 0 Å². The molecule has 1 aromatic heterocycles. The second-order valence-electron chi connectivity index (χ2n) is 4.51. The van der Waals surface area contributed by atoms with E-state index in [-0.39, 0.29) is 0 Å². The summed E-state index contributed by atoms with van der Waals surface area (Å²) < 4.78 is 2.29. The Morgan fingerprint density at radius 2 is 1.89 bits per heavy atom. The maximum atomic E-state index is 3.61. The number of benzene rings is 1. The van der Waals surface area contributed by atoms with Gasteiger partial charge in [-0.15, -0.1) is 11.3 Å². The molecule has 1 heterocycles. The molecule has 2 aromatic rings. The second-order valence-corrected chi connectivity index (χ2v) is 7.76. The third-order valence-electron chi connectivity index (χ3n) is 3.22. The number of hydrogen-bond donors (Lipinski definition) is 1. The molecule has 4 heteroatoms. The molecule has 0 bridgehead atoms. The first kappa shape index (κ1) is 15.2. The summed E-state index contributed by atoms with van der Waals surface area (Å²) in [4.78, 5) is 1.36. The van der Waals surface area contributed by atoms with Crippen molar-refractivity contribution in [1.29, 1.82) is 0 Å². The van der Waals surface area contributed by atoms with Crippen molar-refractivity contribution in [3.63, 3.8) is 0 Å². The number of likely N-dealkylation sites (N-methyl/N-ethyl adjacent to an activating group) is 1. The van der Waals surface area contributed by atoms with Gasteiger partial charge in [-0.05, 0) is 50.0 Å². The van der Waals surface area contributed by atoms with Gasteiger partial charge in [-0.2, -0.15) is 0 Å². The van der Waals surface area contributed by atoms with Gasteiger partial charge in [0, 0.05) is 21.3 Å². The van der Waals surface area contributed by atoms with E-state index >= 15 is 0 Å². The van der Waals surface area contributed by atoms with Gasteiger partial charge in [0.25, 0.3) is 0 Å². The van der Waals surface area contributed by atoms with Gasteiger partial charge in [0.05, 0.1) is 3.79 Å². The molecule has 0 spiro atoms. The average Bonchev–Trinajstić information content (AvgIpc) is 2.76. The van der Waals surface area contributed by atoms with Gasteiger partial charge in [-0.1, -0.05) is 44.2 Å². The lowest BCUT2D eigenvalue weighted by atomic mass is 9.92. The Labute approximate surface area is 135 Å². The zero-order chi connectivity index (χ0) is 13.8.